The van der Waals surface area contributed by atoms with Crippen LogP contribution in [0.25, 0.3) is 61.2 Å². The molecular formula is C34H26N2O. The highest BCUT2D eigenvalue weighted by Gasteiger charge is 2.22. The second-order valence-corrected chi connectivity index (χ2v) is 9.83. The predicted octanol–water partition coefficient (Wildman–Crippen LogP) is 9.38. The predicted molar refractivity (Wildman–Crippen MR) is 153 cm³/mol. The summed E-state index contributed by atoms with van der Waals surface area (Å²) in [5, 5.41) is 2.23. The van der Waals surface area contributed by atoms with Crippen molar-refractivity contribution in [2.24, 2.45) is 0 Å². The Balaban J connectivity index is 1.57. The van der Waals surface area contributed by atoms with E-state index in [4.69, 9.17) is 9.40 Å². The van der Waals surface area contributed by atoms with Crippen molar-refractivity contribution < 1.29 is 4.42 Å². The van der Waals surface area contributed by atoms with Gasteiger partial charge in [0, 0.05) is 10.8 Å². The molecule has 7 rings (SSSR count). The van der Waals surface area contributed by atoms with Gasteiger partial charge in [0.15, 0.2) is 0 Å². The molecule has 0 atom stereocenters. The fourth-order valence-corrected chi connectivity index (χ4v) is 5.41. The van der Waals surface area contributed by atoms with E-state index < -0.39 is 0 Å². The molecule has 0 bridgehead atoms. The van der Waals surface area contributed by atoms with E-state index in [2.05, 4.69) is 122 Å². The van der Waals surface area contributed by atoms with Crippen molar-refractivity contribution >= 4 is 33.0 Å². The number of hydrogen-bond donors (Lipinski definition) is 0. The molecule has 0 aliphatic carbocycles. The molecule has 37 heavy (non-hydrogen) atoms. The van der Waals surface area contributed by atoms with E-state index in [1.54, 1.807) is 0 Å². The molecule has 7 aromatic rings. The minimum Gasteiger partial charge on any atom is -0.455 e. The summed E-state index contributed by atoms with van der Waals surface area (Å²) in [5.74, 6) is 1.23. The van der Waals surface area contributed by atoms with Crippen LogP contribution in [-0.2, 0) is 0 Å². The number of fused-ring (bicyclic) bond motifs is 4. The Labute approximate surface area is 215 Å². The number of hydrogen-bond acceptors (Lipinski definition) is 2. The smallest absolute Gasteiger partial charge is 0.149 e. The van der Waals surface area contributed by atoms with Gasteiger partial charge in [-0.2, -0.15) is 0 Å². The Kier molecular flexibility index (Phi) is 4.97. The quantitative estimate of drug-likeness (QED) is 0.252. The SMILES string of the molecule is CC(C)c1ccc(-c2ccccc2)cc1-n1c(-c2cccc3c2oc2ccccc23)nc2ccccc21. The lowest BCUT2D eigenvalue weighted by Gasteiger charge is -2.18. The van der Waals surface area contributed by atoms with Crippen molar-refractivity contribution in [2.75, 3.05) is 0 Å². The Morgan fingerprint density at radius 1 is 0.676 bits per heavy atom. The van der Waals surface area contributed by atoms with Gasteiger partial charge < -0.3 is 4.42 Å². The molecule has 3 heteroatoms. The summed E-state index contributed by atoms with van der Waals surface area (Å²) in [6.45, 7) is 4.50. The number of benzene rings is 5. The van der Waals surface area contributed by atoms with Crippen LogP contribution >= 0.6 is 0 Å². The molecule has 0 aliphatic rings. The first-order valence-electron chi connectivity index (χ1n) is 12.8. The first-order valence-corrected chi connectivity index (χ1v) is 12.8. The number of aromatic nitrogens is 2. The highest BCUT2D eigenvalue weighted by atomic mass is 16.3. The highest BCUT2D eigenvalue weighted by Crippen LogP contribution is 2.39. The van der Waals surface area contributed by atoms with Crippen molar-refractivity contribution in [2.45, 2.75) is 19.8 Å². The van der Waals surface area contributed by atoms with Gasteiger partial charge in [0.2, 0.25) is 0 Å². The molecule has 0 fully saturated rings. The standard InChI is InChI=1S/C34H26N2O/c1-22(2)25-20-19-24(23-11-4-3-5-12-23)21-31(25)36-30-17-8-7-16-29(30)35-34(36)28-15-10-14-27-26-13-6-9-18-32(26)37-33(27)28/h3-22H,1-2H3. The van der Waals surface area contributed by atoms with Gasteiger partial charge in [0.05, 0.1) is 22.3 Å². The summed E-state index contributed by atoms with van der Waals surface area (Å²) in [7, 11) is 0. The van der Waals surface area contributed by atoms with Crippen LogP contribution in [0.2, 0.25) is 0 Å². The average molecular weight is 479 g/mol. The summed E-state index contributed by atoms with van der Waals surface area (Å²) in [6, 6.07) is 40.3. The van der Waals surface area contributed by atoms with E-state index in [1.807, 2.05) is 12.1 Å². The number of furan rings is 1. The van der Waals surface area contributed by atoms with E-state index in [9.17, 15) is 0 Å². The normalized spacial score (nSPS) is 11.8. The number of para-hydroxylation sites is 4. The summed E-state index contributed by atoms with van der Waals surface area (Å²) in [5.41, 5.74) is 9.60. The van der Waals surface area contributed by atoms with Crippen LogP contribution in [-0.4, -0.2) is 9.55 Å². The summed E-state index contributed by atoms with van der Waals surface area (Å²) in [6.07, 6.45) is 0. The molecule has 0 saturated heterocycles. The maximum atomic E-state index is 6.44. The second-order valence-electron chi connectivity index (χ2n) is 9.83. The lowest BCUT2D eigenvalue weighted by Crippen LogP contribution is -2.04. The zero-order chi connectivity index (χ0) is 24.9. The van der Waals surface area contributed by atoms with Gasteiger partial charge in [-0.1, -0.05) is 98.8 Å². The summed E-state index contributed by atoms with van der Waals surface area (Å²) >= 11 is 0. The number of nitrogens with zero attached hydrogens (tertiary/aromatic N) is 2. The highest BCUT2D eigenvalue weighted by molar-refractivity contribution is 6.09. The van der Waals surface area contributed by atoms with Gasteiger partial charge in [-0.05, 0) is 52.9 Å². The topological polar surface area (TPSA) is 31.0 Å². The Hall–Kier alpha value is -4.63. The van der Waals surface area contributed by atoms with Crippen molar-refractivity contribution in [1.29, 1.82) is 0 Å². The Morgan fingerprint density at radius 3 is 2.30 bits per heavy atom. The van der Waals surface area contributed by atoms with Crippen molar-refractivity contribution in [3.8, 4) is 28.2 Å². The van der Waals surface area contributed by atoms with Crippen LogP contribution in [0, 0.1) is 0 Å². The van der Waals surface area contributed by atoms with Gasteiger partial charge in [-0.25, -0.2) is 4.98 Å². The van der Waals surface area contributed by atoms with E-state index in [0.29, 0.717) is 5.92 Å². The average Bonchev–Trinajstić information content (AvgIpc) is 3.52. The molecule has 5 aromatic carbocycles. The van der Waals surface area contributed by atoms with E-state index in [0.717, 1.165) is 50.0 Å². The van der Waals surface area contributed by atoms with Crippen molar-refractivity contribution in [3.63, 3.8) is 0 Å². The molecule has 0 saturated carbocycles. The van der Waals surface area contributed by atoms with Gasteiger partial charge in [0.25, 0.3) is 0 Å². The molecule has 2 aromatic heterocycles. The Bertz CT molecular complexity index is 1910. The number of rotatable bonds is 4. The van der Waals surface area contributed by atoms with Crippen LogP contribution in [0.15, 0.2) is 120 Å². The van der Waals surface area contributed by atoms with Gasteiger partial charge in [0.1, 0.15) is 17.0 Å². The molecule has 0 spiro atoms. The summed E-state index contributed by atoms with van der Waals surface area (Å²) < 4.78 is 8.76. The maximum absolute atomic E-state index is 6.44. The molecular weight excluding hydrogens is 452 g/mol. The first-order chi connectivity index (χ1) is 18.2. The minimum atomic E-state index is 0.343. The fourth-order valence-electron chi connectivity index (χ4n) is 5.41. The first kappa shape index (κ1) is 21.6. The van der Waals surface area contributed by atoms with Crippen LogP contribution in [0.1, 0.15) is 25.3 Å². The molecule has 0 aliphatic heterocycles. The van der Waals surface area contributed by atoms with Gasteiger partial charge in [-0.3, -0.25) is 4.57 Å². The maximum Gasteiger partial charge on any atom is 0.149 e. The van der Waals surface area contributed by atoms with Crippen molar-refractivity contribution in [3.05, 3.63) is 121 Å². The monoisotopic (exact) mass is 478 g/mol. The van der Waals surface area contributed by atoms with Crippen LogP contribution in [0.3, 0.4) is 0 Å². The van der Waals surface area contributed by atoms with E-state index in [-0.39, 0.29) is 0 Å². The van der Waals surface area contributed by atoms with Gasteiger partial charge >= 0.3 is 0 Å². The molecule has 3 nitrogen and oxygen atoms in total. The molecule has 0 amide bonds. The lowest BCUT2D eigenvalue weighted by molar-refractivity contribution is 0.669. The van der Waals surface area contributed by atoms with E-state index in [1.165, 1.54) is 16.7 Å². The van der Waals surface area contributed by atoms with Crippen LogP contribution in [0.5, 0.6) is 0 Å². The summed E-state index contributed by atoms with van der Waals surface area (Å²) in [4.78, 5) is 5.19. The Morgan fingerprint density at radius 2 is 1.43 bits per heavy atom. The molecule has 178 valence electrons. The molecule has 2 heterocycles. The van der Waals surface area contributed by atoms with Crippen LogP contribution < -0.4 is 0 Å². The largest absolute Gasteiger partial charge is 0.455 e. The number of imidazole rings is 1. The van der Waals surface area contributed by atoms with Crippen LogP contribution in [0.4, 0.5) is 0 Å². The van der Waals surface area contributed by atoms with E-state index >= 15 is 0 Å². The zero-order valence-corrected chi connectivity index (χ0v) is 20.8. The molecule has 0 radical (unpaired) electrons. The van der Waals surface area contributed by atoms with Gasteiger partial charge in [-0.15, -0.1) is 0 Å². The molecule has 0 N–H and O–H groups in total. The third-order valence-electron chi connectivity index (χ3n) is 7.21. The lowest BCUT2D eigenvalue weighted by atomic mass is 9.96. The third-order valence-corrected chi connectivity index (χ3v) is 7.21. The third kappa shape index (κ3) is 3.47. The van der Waals surface area contributed by atoms with Crippen molar-refractivity contribution in [1.82, 2.24) is 9.55 Å². The minimum absolute atomic E-state index is 0.343. The second kappa shape index (κ2) is 8.49. The fraction of sp³-hybridized carbons (Fsp3) is 0.0882. The molecule has 0 unspecified atom stereocenters. The zero-order valence-electron chi connectivity index (χ0n) is 20.8.